The van der Waals surface area contributed by atoms with E-state index in [0.717, 1.165) is 18.4 Å². The van der Waals surface area contributed by atoms with Crippen molar-refractivity contribution in [3.8, 4) is 0 Å². The molecule has 3 heteroatoms. The van der Waals surface area contributed by atoms with E-state index in [0.29, 0.717) is 0 Å². The summed E-state index contributed by atoms with van der Waals surface area (Å²) in [5.41, 5.74) is 5.44. The zero-order valence-corrected chi connectivity index (χ0v) is 8.73. The van der Waals surface area contributed by atoms with Gasteiger partial charge in [0, 0.05) is 5.41 Å². The number of carboxylic acids is 1. The molecule has 0 amide bonds. The van der Waals surface area contributed by atoms with Crippen LogP contribution < -0.4 is 5.73 Å². The zero-order valence-electron chi connectivity index (χ0n) is 8.73. The van der Waals surface area contributed by atoms with Crippen molar-refractivity contribution >= 4 is 5.97 Å². The molecule has 1 unspecified atom stereocenters. The van der Waals surface area contributed by atoms with Gasteiger partial charge in [-0.3, -0.25) is 4.79 Å². The number of carbonyl (C=O) groups is 1. The van der Waals surface area contributed by atoms with Crippen LogP contribution in [0.2, 0.25) is 0 Å². The summed E-state index contributed by atoms with van der Waals surface area (Å²) in [6.07, 6.45) is 1.71. The largest absolute Gasteiger partial charge is 0.480 e. The second-order valence-electron chi connectivity index (χ2n) is 4.46. The number of nitrogens with two attached hydrogens (primary N) is 1. The van der Waals surface area contributed by atoms with E-state index in [1.54, 1.807) is 6.92 Å². The molecule has 0 spiro atoms. The minimum Gasteiger partial charge on any atom is -0.480 e. The predicted octanol–water partition coefficient (Wildman–Crippen LogP) is 1.52. The Hall–Kier alpha value is -1.35. The van der Waals surface area contributed by atoms with Crippen LogP contribution in [0.15, 0.2) is 30.3 Å². The van der Waals surface area contributed by atoms with Crippen molar-refractivity contribution in [2.45, 2.75) is 30.7 Å². The highest BCUT2D eigenvalue weighted by molar-refractivity contribution is 5.81. The second-order valence-corrected chi connectivity index (χ2v) is 4.46. The summed E-state index contributed by atoms with van der Waals surface area (Å²) in [5, 5.41) is 9.15. The number of hydrogen-bond acceptors (Lipinski definition) is 2. The van der Waals surface area contributed by atoms with Gasteiger partial charge in [-0.25, -0.2) is 0 Å². The van der Waals surface area contributed by atoms with Crippen LogP contribution >= 0.6 is 0 Å². The SMILES string of the molecule is CC(N)(C(=O)O)C1(c2ccccc2)CC1. The quantitative estimate of drug-likeness (QED) is 0.786. The van der Waals surface area contributed by atoms with Gasteiger partial charge in [-0.05, 0) is 25.3 Å². The van der Waals surface area contributed by atoms with Crippen molar-refractivity contribution in [1.82, 2.24) is 0 Å². The summed E-state index contributed by atoms with van der Waals surface area (Å²) in [6, 6.07) is 9.69. The van der Waals surface area contributed by atoms with Gasteiger partial charge >= 0.3 is 5.97 Å². The lowest BCUT2D eigenvalue weighted by atomic mass is 9.78. The van der Waals surface area contributed by atoms with Crippen molar-refractivity contribution < 1.29 is 9.90 Å². The molecule has 1 aliphatic carbocycles. The van der Waals surface area contributed by atoms with Gasteiger partial charge in [0.1, 0.15) is 5.54 Å². The van der Waals surface area contributed by atoms with Gasteiger partial charge < -0.3 is 10.8 Å². The molecule has 0 aliphatic heterocycles. The highest BCUT2D eigenvalue weighted by atomic mass is 16.4. The van der Waals surface area contributed by atoms with Gasteiger partial charge in [0.05, 0.1) is 0 Å². The minimum atomic E-state index is -1.17. The molecule has 1 saturated carbocycles. The molecule has 0 saturated heterocycles. The predicted molar refractivity (Wildman–Crippen MR) is 57.6 cm³/mol. The van der Waals surface area contributed by atoms with Gasteiger partial charge in [0.2, 0.25) is 0 Å². The van der Waals surface area contributed by atoms with Crippen LogP contribution in [0.25, 0.3) is 0 Å². The molecule has 1 aromatic carbocycles. The lowest BCUT2D eigenvalue weighted by Gasteiger charge is -2.30. The molecule has 3 N–H and O–H groups in total. The molecule has 1 aromatic rings. The van der Waals surface area contributed by atoms with E-state index < -0.39 is 11.5 Å². The first-order chi connectivity index (χ1) is 7.01. The maximum atomic E-state index is 11.2. The van der Waals surface area contributed by atoms with Crippen LogP contribution in [-0.2, 0) is 10.2 Å². The Morgan fingerprint density at radius 2 is 1.93 bits per heavy atom. The molecule has 1 fully saturated rings. The normalized spacial score (nSPS) is 21.7. The van der Waals surface area contributed by atoms with E-state index in [-0.39, 0.29) is 5.41 Å². The van der Waals surface area contributed by atoms with Gasteiger partial charge in [-0.2, -0.15) is 0 Å². The Morgan fingerprint density at radius 1 is 1.40 bits per heavy atom. The Kier molecular flexibility index (Phi) is 2.08. The standard InChI is InChI=1S/C12H15NO2/c1-11(13,10(14)15)12(7-8-12)9-5-3-2-4-6-9/h2-6H,7-8,13H2,1H3,(H,14,15). The smallest absolute Gasteiger partial charge is 0.324 e. The molecule has 0 heterocycles. The molecular weight excluding hydrogens is 190 g/mol. The van der Waals surface area contributed by atoms with Crippen molar-refractivity contribution in [2.24, 2.45) is 5.73 Å². The summed E-state index contributed by atoms with van der Waals surface area (Å²) in [4.78, 5) is 11.2. The molecule has 1 atom stereocenters. The summed E-state index contributed by atoms with van der Waals surface area (Å²) in [6.45, 7) is 1.61. The lowest BCUT2D eigenvalue weighted by Crippen LogP contribution is -2.54. The van der Waals surface area contributed by atoms with E-state index in [9.17, 15) is 4.79 Å². The summed E-state index contributed by atoms with van der Waals surface area (Å²) >= 11 is 0. The maximum absolute atomic E-state index is 11.2. The molecule has 0 aromatic heterocycles. The molecule has 0 radical (unpaired) electrons. The van der Waals surface area contributed by atoms with Gasteiger partial charge in [-0.15, -0.1) is 0 Å². The average Bonchev–Trinajstić information content (AvgIpc) is 3.00. The van der Waals surface area contributed by atoms with Crippen LogP contribution in [0, 0.1) is 0 Å². The number of hydrogen-bond donors (Lipinski definition) is 2. The first-order valence-corrected chi connectivity index (χ1v) is 5.08. The molecule has 1 aliphatic rings. The Labute approximate surface area is 88.9 Å². The molecule has 80 valence electrons. The van der Waals surface area contributed by atoms with Crippen LogP contribution in [0.5, 0.6) is 0 Å². The summed E-state index contributed by atoms with van der Waals surface area (Å²) < 4.78 is 0. The highest BCUT2D eigenvalue weighted by Gasteiger charge is 2.59. The maximum Gasteiger partial charge on any atom is 0.324 e. The van der Waals surface area contributed by atoms with Crippen molar-refractivity contribution in [2.75, 3.05) is 0 Å². The number of aliphatic carboxylic acids is 1. The second kappa shape index (κ2) is 3.07. The third kappa shape index (κ3) is 1.35. The van der Waals surface area contributed by atoms with Crippen molar-refractivity contribution in [1.29, 1.82) is 0 Å². The zero-order chi connectivity index (χ0) is 11.1. The van der Waals surface area contributed by atoms with Crippen LogP contribution in [0.1, 0.15) is 25.3 Å². The van der Waals surface area contributed by atoms with Crippen molar-refractivity contribution in [3.63, 3.8) is 0 Å². The number of benzene rings is 1. The topological polar surface area (TPSA) is 63.3 Å². The van der Waals surface area contributed by atoms with Gasteiger partial charge in [-0.1, -0.05) is 30.3 Å². The van der Waals surface area contributed by atoms with E-state index in [2.05, 4.69) is 0 Å². The Morgan fingerprint density at radius 3 is 2.33 bits per heavy atom. The van der Waals surface area contributed by atoms with Crippen LogP contribution in [-0.4, -0.2) is 16.6 Å². The molecule has 15 heavy (non-hydrogen) atoms. The van der Waals surface area contributed by atoms with E-state index in [4.69, 9.17) is 10.8 Å². The summed E-state index contributed by atoms with van der Waals surface area (Å²) in [7, 11) is 0. The van der Waals surface area contributed by atoms with Crippen molar-refractivity contribution in [3.05, 3.63) is 35.9 Å². The fourth-order valence-electron chi connectivity index (χ4n) is 2.19. The molecule has 2 rings (SSSR count). The van der Waals surface area contributed by atoms with Gasteiger partial charge in [0.15, 0.2) is 0 Å². The first kappa shape index (κ1) is 10.2. The third-order valence-corrected chi connectivity index (χ3v) is 3.51. The number of rotatable bonds is 3. The van der Waals surface area contributed by atoms with E-state index >= 15 is 0 Å². The first-order valence-electron chi connectivity index (χ1n) is 5.08. The Balaban J connectivity index is 2.41. The van der Waals surface area contributed by atoms with Crippen LogP contribution in [0.4, 0.5) is 0 Å². The van der Waals surface area contributed by atoms with E-state index in [1.807, 2.05) is 30.3 Å². The third-order valence-electron chi connectivity index (χ3n) is 3.51. The molecular formula is C12H15NO2. The summed E-state index contributed by atoms with van der Waals surface area (Å²) in [5.74, 6) is -0.927. The molecule has 3 nitrogen and oxygen atoms in total. The monoisotopic (exact) mass is 205 g/mol. The van der Waals surface area contributed by atoms with Gasteiger partial charge in [0.25, 0.3) is 0 Å². The molecule has 0 bridgehead atoms. The highest BCUT2D eigenvalue weighted by Crippen LogP contribution is 2.54. The van der Waals surface area contributed by atoms with Crippen LogP contribution in [0.3, 0.4) is 0 Å². The minimum absolute atomic E-state index is 0.361. The fourth-order valence-corrected chi connectivity index (χ4v) is 2.19. The average molecular weight is 205 g/mol. The van der Waals surface area contributed by atoms with E-state index in [1.165, 1.54) is 0 Å². The number of carboxylic acid groups (broad SMARTS) is 1. The fraction of sp³-hybridized carbons (Fsp3) is 0.417. The lowest BCUT2D eigenvalue weighted by molar-refractivity contribution is -0.144. The Bertz CT molecular complexity index is 380.